The lowest BCUT2D eigenvalue weighted by Gasteiger charge is -2.16. The number of hydrogen-bond acceptors (Lipinski definition) is 4. The molecule has 1 amide bonds. The first-order valence-electron chi connectivity index (χ1n) is 6.48. The van der Waals surface area contributed by atoms with E-state index in [1.54, 1.807) is 37.1 Å². The monoisotopic (exact) mass is 299 g/mol. The summed E-state index contributed by atoms with van der Waals surface area (Å²) >= 11 is 0. The van der Waals surface area contributed by atoms with Crippen LogP contribution in [-0.4, -0.2) is 45.9 Å². The second-order valence-corrected chi connectivity index (χ2v) is 5.99. The topological polar surface area (TPSA) is 78.5 Å². The molecule has 2 N–H and O–H groups in total. The fourth-order valence-electron chi connectivity index (χ4n) is 1.60. The van der Waals surface area contributed by atoms with Crippen molar-refractivity contribution in [3.63, 3.8) is 0 Å². The van der Waals surface area contributed by atoms with Crippen LogP contribution in [0, 0.1) is 0 Å². The van der Waals surface area contributed by atoms with Gasteiger partial charge in [0.25, 0.3) is 0 Å². The lowest BCUT2D eigenvalue weighted by atomic mass is 10.3. The SMILES string of the molecule is CCNS(=O)(=O)c1ccccc1NCC(=O)N(C)CC. The highest BCUT2D eigenvalue weighted by atomic mass is 32.2. The van der Waals surface area contributed by atoms with Crippen molar-refractivity contribution in [2.75, 3.05) is 32.0 Å². The van der Waals surface area contributed by atoms with E-state index in [4.69, 9.17) is 0 Å². The van der Waals surface area contributed by atoms with E-state index in [-0.39, 0.29) is 17.3 Å². The zero-order valence-corrected chi connectivity index (χ0v) is 12.8. The van der Waals surface area contributed by atoms with E-state index in [1.807, 2.05) is 6.92 Å². The van der Waals surface area contributed by atoms with E-state index >= 15 is 0 Å². The zero-order valence-electron chi connectivity index (χ0n) is 12.0. The van der Waals surface area contributed by atoms with Gasteiger partial charge in [-0.05, 0) is 19.1 Å². The highest BCUT2D eigenvalue weighted by Crippen LogP contribution is 2.20. The number of sulfonamides is 1. The predicted octanol–water partition coefficient (Wildman–Crippen LogP) is 0.875. The molecule has 0 saturated carbocycles. The molecule has 0 unspecified atom stereocenters. The van der Waals surface area contributed by atoms with Crippen LogP contribution >= 0.6 is 0 Å². The number of carbonyl (C=O) groups excluding carboxylic acids is 1. The van der Waals surface area contributed by atoms with Gasteiger partial charge in [-0.25, -0.2) is 13.1 Å². The molecule has 0 atom stereocenters. The van der Waals surface area contributed by atoms with E-state index in [1.165, 1.54) is 6.07 Å². The molecule has 0 radical (unpaired) electrons. The Labute approximate surface area is 120 Å². The van der Waals surface area contributed by atoms with Gasteiger partial charge >= 0.3 is 0 Å². The fourth-order valence-corrected chi connectivity index (χ4v) is 2.82. The van der Waals surface area contributed by atoms with Crippen LogP contribution in [0.15, 0.2) is 29.2 Å². The molecule has 0 bridgehead atoms. The maximum Gasteiger partial charge on any atom is 0.242 e. The van der Waals surface area contributed by atoms with Crippen LogP contribution in [0.25, 0.3) is 0 Å². The average Bonchev–Trinajstić information content (AvgIpc) is 2.44. The molecule has 7 heteroatoms. The van der Waals surface area contributed by atoms with Crippen molar-refractivity contribution in [1.29, 1.82) is 0 Å². The van der Waals surface area contributed by atoms with Crippen LogP contribution in [-0.2, 0) is 14.8 Å². The lowest BCUT2D eigenvalue weighted by Crippen LogP contribution is -2.32. The van der Waals surface area contributed by atoms with Gasteiger partial charge in [-0.2, -0.15) is 0 Å². The van der Waals surface area contributed by atoms with Crippen LogP contribution in [0.3, 0.4) is 0 Å². The number of amides is 1. The van der Waals surface area contributed by atoms with Gasteiger partial charge < -0.3 is 10.2 Å². The Bertz CT molecular complexity index is 558. The molecule has 1 aromatic carbocycles. The van der Waals surface area contributed by atoms with E-state index in [0.717, 1.165) is 0 Å². The first-order valence-corrected chi connectivity index (χ1v) is 7.97. The first kappa shape index (κ1) is 16.5. The van der Waals surface area contributed by atoms with Crippen molar-refractivity contribution < 1.29 is 13.2 Å². The minimum Gasteiger partial charge on any atom is -0.375 e. The van der Waals surface area contributed by atoms with Crippen molar-refractivity contribution in [2.24, 2.45) is 0 Å². The van der Waals surface area contributed by atoms with E-state index < -0.39 is 10.0 Å². The first-order chi connectivity index (χ1) is 9.42. The molecular formula is C13H21N3O3S. The van der Waals surface area contributed by atoms with Crippen molar-refractivity contribution in [1.82, 2.24) is 9.62 Å². The lowest BCUT2D eigenvalue weighted by molar-refractivity contribution is -0.127. The van der Waals surface area contributed by atoms with E-state index in [2.05, 4.69) is 10.0 Å². The number of likely N-dealkylation sites (N-methyl/N-ethyl adjacent to an activating group) is 1. The van der Waals surface area contributed by atoms with Crippen molar-refractivity contribution in [3.8, 4) is 0 Å². The fraction of sp³-hybridized carbons (Fsp3) is 0.462. The van der Waals surface area contributed by atoms with Crippen molar-refractivity contribution >= 4 is 21.6 Å². The van der Waals surface area contributed by atoms with Crippen LogP contribution in [0.2, 0.25) is 0 Å². The summed E-state index contributed by atoms with van der Waals surface area (Å²) in [6, 6.07) is 6.52. The number of para-hydroxylation sites is 1. The average molecular weight is 299 g/mol. The van der Waals surface area contributed by atoms with Gasteiger partial charge in [0, 0.05) is 20.1 Å². The molecule has 0 aliphatic rings. The van der Waals surface area contributed by atoms with E-state index in [0.29, 0.717) is 18.8 Å². The van der Waals surface area contributed by atoms with Gasteiger partial charge in [-0.15, -0.1) is 0 Å². The maximum absolute atomic E-state index is 12.0. The summed E-state index contributed by atoms with van der Waals surface area (Å²) < 4.78 is 26.5. The largest absolute Gasteiger partial charge is 0.375 e. The minimum atomic E-state index is -3.55. The molecule has 20 heavy (non-hydrogen) atoms. The van der Waals surface area contributed by atoms with Gasteiger partial charge in [0.1, 0.15) is 4.90 Å². The third-order valence-electron chi connectivity index (χ3n) is 2.84. The van der Waals surface area contributed by atoms with Crippen LogP contribution in [0.1, 0.15) is 13.8 Å². The minimum absolute atomic E-state index is 0.0585. The van der Waals surface area contributed by atoms with Gasteiger partial charge in [0.15, 0.2) is 0 Å². The second-order valence-electron chi connectivity index (χ2n) is 4.26. The maximum atomic E-state index is 12.0. The third kappa shape index (κ3) is 4.21. The number of benzene rings is 1. The molecule has 1 aromatic rings. The Morgan fingerprint density at radius 1 is 1.25 bits per heavy atom. The van der Waals surface area contributed by atoms with Crippen molar-refractivity contribution in [3.05, 3.63) is 24.3 Å². The standard InChI is InChI=1S/C13H21N3O3S/c1-4-15-20(18,19)12-9-7-6-8-11(12)14-10-13(17)16(3)5-2/h6-9,14-15H,4-5,10H2,1-3H3. The summed E-state index contributed by atoms with van der Waals surface area (Å²) in [6.45, 7) is 4.57. The summed E-state index contributed by atoms with van der Waals surface area (Å²) in [4.78, 5) is 13.4. The van der Waals surface area contributed by atoms with E-state index in [9.17, 15) is 13.2 Å². The summed E-state index contributed by atoms with van der Waals surface area (Å²) in [5.41, 5.74) is 0.423. The Morgan fingerprint density at radius 2 is 1.90 bits per heavy atom. The molecule has 0 fully saturated rings. The number of nitrogens with zero attached hydrogens (tertiary/aromatic N) is 1. The summed E-state index contributed by atoms with van der Waals surface area (Å²) in [5, 5.41) is 2.88. The van der Waals surface area contributed by atoms with Crippen molar-refractivity contribution in [2.45, 2.75) is 18.7 Å². The Hall–Kier alpha value is -1.60. The summed E-state index contributed by atoms with van der Waals surface area (Å²) in [6.07, 6.45) is 0. The molecule has 0 aromatic heterocycles. The summed E-state index contributed by atoms with van der Waals surface area (Å²) in [7, 11) is -1.85. The summed E-state index contributed by atoms with van der Waals surface area (Å²) in [5.74, 6) is -0.0943. The van der Waals surface area contributed by atoms with Crippen LogP contribution in [0.4, 0.5) is 5.69 Å². The van der Waals surface area contributed by atoms with Gasteiger partial charge in [0.05, 0.1) is 12.2 Å². The van der Waals surface area contributed by atoms with Gasteiger partial charge in [0.2, 0.25) is 15.9 Å². The molecule has 0 aliphatic heterocycles. The highest BCUT2D eigenvalue weighted by molar-refractivity contribution is 7.89. The predicted molar refractivity (Wildman–Crippen MR) is 79.1 cm³/mol. The van der Waals surface area contributed by atoms with Crippen LogP contribution < -0.4 is 10.0 Å². The third-order valence-corrected chi connectivity index (χ3v) is 4.44. The highest BCUT2D eigenvalue weighted by Gasteiger charge is 2.17. The normalized spacial score (nSPS) is 11.2. The molecule has 1 rings (SSSR count). The molecule has 0 heterocycles. The quantitative estimate of drug-likeness (QED) is 0.783. The number of anilines is 1. The molecular weight excluding hydrogens is 278 g/mol. The van der Waals surface area contributed by atoms with Gasteiger partial charge in [-0.1, -0.05) is 19.1 Å². The molecule has 112 valence electrons. The molecule has 6 nitrogen and oxygen atoms in total. The second kappa shape index (κ2) is 7.25. The zero-order chi connectivity index (χ0) is 15.2. The number of carbonyl (C=O) groups is 1. The Kier molecular flexibility index (Phi) is 5.97. The Morgan fingerprint density at radius 3 is 2.50 bits per heavy atom. The smallest absolute Gasteiger partial charge is 0.242 e. The van der Waals surface area contributed by atoms with Gasteiger partial charge in [-0.3, -0.25) is 4.79 Å². The van der Waals surface area contributed by atoms with Crippen LogP contribution in [0.5, 0.6) is 0 Å². The number of rotatable bonds is 7. The molecule has 0 spiro atoms. The number of hydrogen-bond donors (Lipinski definition) is 2. The molecule has 0 aliphatic carbocycles. The Balaban J connectivity index is 2.90. The number of nitrogens with one attached hydrogen (secondary N) is 2. The molecule has 0 saturated heterocycles.